The lowest BCUT2D eigenvalue weighted by atomic mass is 9.93. The normalized spacial score (nSPS) is 16.6. The van der Waals surface area contributed by atoms with Gasteiger partial charge in [-0.2, -0.15) is 0 Å². The molecule has 4 heteroatoms. The van der Waals surface area contributed by atoms with Gasteiger partial charge in [-0.15, -0.1) is 0 Å². The molecule has 2 heterocycles. The van der Waals surface area contributed by atoms with Crippen LogP contribution in [-0.4, -0.2) is 11.7 Å². The number of hydrogen-bond acceptors (Lipinski definition) is 4. The Kier molecular flexibility index (Phi) is 6.78. The van der Waals surface area contributed by atoms with Gasteiger partial charge in [0, 0.05) is 27.6 Å². The summed E-state index contributed by atoms with van der Waals surface area (Å²) < 4.78 is 6.50. The molecule has 0 fully saturated rings. The van der Waals surface area contributed by atoms with E-state index in [2.05, 4.69) is 139 Å². The van der Waals surface area contributed by atoms with Crippen LogP contribution < -0.4 is 5.32 Å². The van der Waals surface area contributed by atoms with Crippen molar-refractivity contribution in [1.82, 2.24) is 5.32 Å². The fourth-order valence-corrected chi connectivity index (χ4v) is 7.06. The number of nitrogens with zero attached hydrogens (tertiary/aromatic N) is 2. The Morgan fingerprint density at radius 3 is 2.15 bits per heavy atom. The molecule has 5 aromatic carbocycles. The number of hydrogen-bond donors (Lipinski definition) is 1. The second-order valence-corrected chi connectivity index (χ2v) is 12.4. The molecule has 9 rings (SSSR count). The number of rotatable bonds is 5. The molecule has 0 spiro atoms. The highest BCUT2D eigenvalue weighted by molar-refractivity contribution is 6.13. The highest BCUT2D eigenvalue weighted by Crippen LogP contribution is 2.40. The Hall–Kier alpha value is -5.74. The van der Waals surface area contributed by atoms with Gasteiger partial charge in [0.1, 0.15) is 23.3 Å². The van der Waals surface area contributed by atoms with Gasteiger partial charge in [-0.05, 0) is 77.3 Å². The predicted octanol–water partition coefficient (Wildman–Crippen LogP) is 10.2. The quantitative estimate of drug-likeness (QED) is 0.212. The van der Waals surface area contributed by atoms with Crippen molar-refractivity contribution in [1.29, 1.82) is 0 Å². The van der Waals surface area contributed by atoms with Crippen LogP contribution in [0.15, 0.2) is 142 Å². The van der Waals surface area contributed by atoms with Gasteiger partial charge in [-0.25, -0.2) is 9.98 Å². The Morgan fingerprint density at radius 2 is 1.32 bits per heavy atom. The average molecular weight is 608 g/mol. The highest BCUT2D eigenvalue weighted by Gasteiger charge is 2.27. The number of nitrogens with one attached hydrogen (secondary N) is 1. The van der Waals surface area contributed by atoms with Gasteiger partial charge in [0.25, 0.3) is 0 Å². The van der Waals surface area contributed by atoms with Crippen molar-refractivity contribution < 1.29 is 4.42 Å². The molecule has 1 aliphatic heterocycles. The van der Waals surface area contributed by atoms with E-state index in [1.807, 2.05) is 6.07 Å². The van der Waals surface area contributed by atoms with Crippen molar-refractivity contribution in [2.75, 3.05) is 0 Å². The minimum absolute atomic E-state index is 0.357. The Bertz CT molecular complexity index is 2250. The van der Waals surface area contributed by atoms with Crippen molar-refractivity contribution in [3.05, 3.63) is 167 Å². The van der Waals surface area contributed by atoms with Crippen LogP contribution in [0.4, 0.5) is 0 Å². The van der Waals surface area contributed by atoms with E-state index >= 15 is 0 Å². The zero-order valence-electron chi connectivity index (χ0n) is 26.0. The van der Waals surface area contributed by atoms with E-state index in [9.17, 15) is 0 Å². The van der Waals surface area contributed by atoms with E-state index < -0.39 is 0 Å². The predicted molar refractivity (Wildman–Crippen MR) is 194 cm³/mol. The fraction of sp³-hybridized carbons (Fsp3) is 0.116. The van der Waals surface area contributed by atoms with E-state index in [-0.39, 0.29) is 6.17 Å². The third-order valence-electron chi connectivity index (χ3n) is 9.47. The van der Waals surface area contributed by atoms with Crippen molar-refractivity contribution in [2.24, 2.45) is 9.98 Å². The van der Waals surface area contributed by atoms with Crippen LogP contribution in [-0.2, 0) is 12.8 Å². The number of amidine groups is 2. The van der Waals surface area contributed by atoms with E-state index in [4.69, 9.17) is 14.4 Å². The number of allylic oxidation sites excluding steroid dienone is 2. The molecule has 4 nitrogen and oxygen atoms in total. The molecule has 6 aromatic rings. The number of benzene rings is 5. The van der Waals surface area contributed by atoms with Gasteiger partial charge >= 0.3 is 0 Å². The van der Waals surface area contributed by atoms with Crippen molar-refractivity contribution >= 4 is 34.8 Å². The summed E-state index contributed by atoms with van der Waals surface area (Å²) in [5.41, 5.74) is 12.7. The minimum Gasteiger partial charge on any atom is -0.456 e. The topological polar surface area (TPSA) is 49.9 Å². The molecule has 1 unspecified atom stereocenters. The smallest absolute Gasteiger partial charge is 0.159 e. The third-order valence-corrected chi connectivity index (χ3v) is 9.47. The lowest BCUT2D eigenvalue weighted by Gasteiger charge is -2.25. The molecule has 1 aromatic heterocycles. The van der Waals surface area contributed by atoms with Crippen LogP contribution in [0.25, 0.3) is 45.4 Å². The van der Waals surface area contributed by atoms with Crippen LogP contribution in [0.1, 0.15) is 58.1 Å². The van der Waals surface area contributed by atoms with Gasteiger partial charge in [0.2, 0.25) is 0 Å². The standard InChI is InChI=1S/C43H33N3O/c1-3-11-28(12-4-1)35-26-37(40-36-17-9-10-18-38(36)47-39(40)27-35)43-45-41(31-14-5-2-6-15-31)44-42(46-43)32-22-19-30(20-23-32)34-24-21-29-13-7-8-16-33(29)25-34/h1-7,10-15,18-27,43H,8-9,16-17H2,(H,44,45,46). The molecule has 47 heavy (non-hydrogen) atoms. The maximum absolute atomic E-state index is 6.50. The number of aliphatic imine (C=N–C) groups is 2. The maximum atomic E-state index is 6.50. The molecular formula is C43H33N3O. The summed E-state index contributed by atoms with van der Waals surface area (Å²) in [4.78, 5) is 10.4. The van der Waals surface area contributed by atoms with E-state index in [0.717, 1.165) is 76.1 Å². The first-order valence-electron chi connectivity index (χ1n) is 16.5. The first-order chi connectivity index (χ1) is 23.3. The zero-order chi connectivity index (χ0) is 31.2. The summed E-state index contributed by atoms with van der Waals surface area (Å²) in [5, 5.41) is 4.87. The summed E-state index contributed by atoms with van der Waals surface area (Å²) in [7, 11) is 0. The van der Waals surface area contributed by atoms with Gasteiger partial charge in [-0.1, -0.05) is 121 Å². The molecule has 1 N–H and O–H groups in total. The maximum Gasteiger partial charge on any atom is 0.159 e. The van der Waals surface area contributed by atoms with Crippen LogP contribution in [0.3, 0.4) is 0 Å². The molecule has 226 valence electrons. The molecule has 0 amide bonds. The fourth-order valence-electron chi connectivity index (χ4n) is 7.06. The molecule has 0 radical (unpaired) electrons. The molecule has 0 saturated heterocycles. The van der Waals surface area contributed by atoms with E-state index in [0.29, 0.717) is 5.84 Å². The molecule has 0 saturated carbocycles. The SMILES string of the molecule is C1=Cc2ccc(-c3ccc(C4=NC(c5cc(-c6ccccc6)cc6oc7c(c56)CCC=C7)NC(c5ccccc5)=N4)cc3)cc2CC1. The molecular weight excluding hydrogens is 574 g/mol. The Balaban J connectivity index is 1.17. The van der Waals surface area contributed by atoms with Crippen LogP contribution in [0, 0.1) is 0 Å². The summed E-state index contributed by atoms with van der Waals surface area (Å²) in [6.45, 7) is 0. The van der Waals surface area contributed by atoms with Gasteiger partial charge in [0.15, 0.2) is 5.84 Å². The van der Waals surface area contributed by atoms with E-state index in [1.54, 1.807) is 0 Å². The molecule has 1 atom stereocenters. The summed E-state index contributed by atoms with van der Waals surface area (Å²) in [5.74, 6) is 2.47. The largest absolute Gasteiger partial charge is 0.456 e. The summed E-state index contributed by atoms with van der Waals surface area (Å²) >= 11 is 0. The second-order valence-electron chi connectivity index (χ2n) is 12.4. The van der Waals surface area contributed by atoms with Gasteiger partial charge in [0.05, 0.1) is 0 Å². The lowest BCUT2D eigenvalue weighted by Crippen LogP contribution is -2.33. The highest BCUT2D eigenvalue weighted by atomic mass is 16.3. The number of furan rings is 1. The second kappa shape index (κ2) is 11.6. The molecule has 2 aliphatic carbocycles. The average Bonchev–Trinajstić information content (AvgIpc) is 3.53. The Morgan fingerprint density at radius 1 is 0.617 bits per heavy atom. The van der Waals surface area contributed by atoms with Gasteiger partial charge in [-0.3, -0.25) is 0 Å². The Labute approximate surface area is 274 Å². The van der Waals surface area contributed by atoms with Crippen LogP contribution in [0.5, 0.6) is 0 Å². The first-order valence-corrected chi connectivity index (χ1v) is 16.5. The summed E-state index contributed by atoms with van der Waals surface area (Å²) in [6, 6.07) is 40.8. The van der Waals surface area contributed by atoms with Crippen molar-refractivity contribution in [2.45, 2.75) is 31.8 Å². The number of fused-ring (bicyclic) bond motifs is 4. The van der Waals surface area contributed by atoms with Crippen LogP contribution in [0.2, 0.25) is 0 Å². The monoisotopic (exact) mass is 607 g/mol. The lowest BCUT2D eigenvalue weighted by molar-refractivity contribution is 0.595. The zero-order valence-corrected chi connectivity index (χ0v) is 26.0. The minimum atomic E-state index is -0.357. The first kappa shape index (κ1) is 27.6. The van der Waals surface area contributed by atoms with E-state index in [1.165, 1.54) is 27.8 Å². The van der Waals surface area contributed by atoms with Gasteiger partial charge < -0.3 is 9.73 Å². The number of aryl methyl sites for hydroxylation is 2. The molecule has 3 aliphatic rings. The third kappa shape index (κ3) is 5.12. The van der Waals surface area contributed by atoms with Crippen molar-refractivity contribution in [3.8, 4) is 22.3 Å². The van der Waals surface area contributed by atoms with Crippen molar-refractivity contribution in [3.63, 3.8) is 0 Å². The summed E-state index contributed by atoms with van der Waals surface area (Å²) in [6.07, 6.45) is 12.6. The molecule has 0 bridgehead atoms. The van der Waals surface area contributed by atoms with Crippen LogP contribution >= 0.6 is 0 Å².